The smallest absolute Gasteiger partial charge is 0.164 e. The topological polar surface area (TPSA) is 72.3 Å². The van der Waals surface area contributed by atoms with E-state index in [1.165, 1.54) is 55.3 Å². The average Bonchev–Trinajstić information content (AvgIpc) is 4.35. The van der Waals surface area contributed by atoms with Gasteiger partial charge in [-0.05, 0) is 87.0 Å². The molecule has 10 aromatic carbocycles. The number of nitrogens with zero attached hydrogens (tertiary/aromatic N) is 6. The van der Waals surface area contributed by atoms with Crippen molar-refractivity contribution in [1.29, 1.82) is 5.26 Å². The lowest BCUT2D eigenvalue weighted by Crippen LogP contribution is -2.15. The molecule has 6 heteroatoms. The Morgan fingerprint density at radius 1 is 0.355 bits per heavy atom. The van der Waals surface area contributed by atoms with Gasteiger partial charge in [0.05, 0.1) is 45.1 Å². The maximum Gasteiger partial charge on any atom is 0.164 e. The molecule has 0 spiro atoms. The van der Waals surface area contributed by atoms with Crippen molar-refractivity contribution in [2.24, 2.45) is 0 Å². The fourth-order valence-electron chi connectivity index (χ4n) is 13.4. The first-order chi connectivity index (χ1) is 37.2. The van der Waals surface area contributed by atoms with Gasteiger partial charge in [-0.2, -0.15) is 5.26 Å². The van der Waals surface area contributed by atoms with Gasteiger partial charge in [0, 0.05) is 60.2 Å². The monoisotopic (exact) mass is 972 g/mol. The normalized spacial score (nSPS) is 13.7. The minimum atomic E-state index is -0.273. The summed E-state index contributed by atoms with van der Waals surface area (Å²) in [7, 11) is 0. The molecule has 0 amide bonds. The number of hydrogen-bond acceptors (Lipinski definition) is 4. The van der Waals surface area contributed by atoms with Gasteiger partial charge in [-0.3, -0.25) is 0 Å². The summed E-state index contributed by atoms with van der Waals surface area (Å²) in [4.78, 5) is 16.0. The second kappa shape index (κ2) is 16.1. The summed E-state index contributed by atoms with van der Waals surface area (Å²) in [5, 5.41) is 16.4. The van der Waals surface area contributed by atoms with Gasteiger partial charge >= 0.3 is 0 Å². The zero-order valence-electron chi connectivity index (χ0n) is 42.5. The number of para-hydroxylation sites is 2. The molecule has 0 unspecified atom stereocenters. The third-order valence-corrected chi connectivity index (χ3v) is 16.6. The Balaban J connectivity index is 1.10. The van der Waals surface area contributed by atoms with Crippen LogP contribution in [0.15, 0.2) is 218 Å². The first-order valence-corrected chi connectivity index (χ1v) is 26.1. The second-order valence-electron chi connectivity index (χ2n) is 21.4. The lowest BCUT2D eigenvalue weighted by molar-refractivity contribution is 0.666. The van der Waals surface area contributed by atoms with E-state index in [9.17, 15) is 5.26 Å². The SMILES string of the molecule is CC1(C)c2ccccc2-c2ccc3c(c21)c1ccccc1n3-c1cccc(C#N)c1-c1c(-c2nc(-c3ccccc3)nc(-c3ccccc3)n2)cccc1-n1c2ccccc2c2c3c(ccc21)-c1ccccc1C3(C)C. The van der Waals surface area contributed by atoms with Crippen LogP contribution < -0.4 is 0 Å². The molecule has 0 saturated carbocycles. The number of hydrogen-bond donors (Lipinski definition) is 0. The summed E-state index contributed by atoms with van der Waals surface area (Å²) in [6.45, 7) is 9.44. The summed E-state index contributed by atoms with van der Waals surface area (Å²) in [6.07, 6.45) is 0. The average molecular weight is 973 g/mol. The highest BCUT2D eigenvalue weighted by Crippen LogP contribution is 2.56. The van der Waals surface area contributed by atoms with Gasteiger partial charge in [0.1, 0.15) is 0 Å². The van der Waals surface area contributed by atoms with Crippen molar-refractivity contribution >= 4 is 43.6 Å². The molecule has 0 saturated heterocycles. The van der Waals surface area contributed by atoms with Crippen LogP contribution in [0.5, 0.6) is 0 Å². The van der Waals surface area contributed by atoms with E-state index in [2.05, 4.69) is 188 Å². The molecule has 358 valence electrons. The molecule has 0 atom stereocenters. The molecule has 2 aliphatic rings. The standard InChI is InChI=1S/C70H48N6/c1-69(2)52-31-15-11-26-45(52)47-37-39-58-62(64(47)69)49-28-13-17-33-54(49)75(58)56-35-19-25-44(41-71)60(56)61-51(68-73-66(42-21-7-5-8-22-42)72-67(74-68)43-23-9-6-10-24-43)30-20-36-57(61)76-55-34-18-14-29-50(55)63-59(76)40-38-48-46-27-12-16-32-53(46)70(3,4)65(48)63/h5-40H,1-4H3. The zero-order valence-corrected chi connectivity index (χ0v) is 42.5. The highest BCUT2D eigenvalue weighted by atomic mass is 15.0. The van der Waals surface area contributed by atoms with Crippen molar-refractivity contribution in [3.63, 3.8) is 0 Å². The third-order valence-electron chi connectivity index (χ3n) is 16.6. The van der Waals surface area contributed by atoms with Crippen LogP contribution in [0.2, 0.25) is 0 Å². The quantitative estimate of drug-likeness (QED) is 0.166. The lowest BCUT2D eigenvalue weighted by atomic mass is 9.80. The molecule has 0 fully saturated rings. The molecule has 0 aliphatic heterocycles. The van der Waals surface area contributed by atoms with Crippen LogP contribution in [0.25, 0.3) is 123 Å². The highest BCUT2D eigenvalue weighted by Gasteiger charge is 2.40. The van der Waals surface area contributed by atoms with Crippen molar-refractivity contribution < 1.29 is 0 Å². The fourth-order valence-corrected chi connectivity index (χ4v) is 13.4. The molecule has 0 N–H and O–H groups in total. The van der Waals surface area contributed by atoms with Crippen molar-refractivity contribution in [2.75, 3.05) is 0 Å². The van der Waals surface area contributed by atoms with Crippen LogP contribution in [0.4, 0.5) is 0 Å². The highest BCUT2D eigenvalue weighted by molar-refractivity contribution is 6.17. The summed E-state index contributed by atoms with van der Waals surface area (Å²) >= 11 is 0. The third kappa shape index (κ3) is 6.05. The molecule has 3 heterocycles. The maximum absolute atomic E-state index is 11.7. The van der Waals surface area contributed by atoms with E-state index in [4.69, 9.17) is 15.0 Å². The molecule has 6 nitrogen and oxygen atoms in total. The van der Waals surface area contributed by atoms with Gasteiger partial charge < -0.3 is 9.13 Å². The van der Waals surface area contributed by atoms with Gasteiger partial charge in [-0.1, -0.05) is 204 Å². The van der Waals surface area contributed by atoms with Crippen molar-refractivity contribution in [3.05, 3.63) is 246 Å². The maximum atomic E-state index is 11.7. The molecule has 15 rings (SSSR count). The van der Waals surface area contributed by atoms with E-state index in [-0.39, 0.29) is 10.8 Å². The summed E-state index contributed by atoms with van der Waals surface area (Å²) in [5.74, 6) is 1.62. The number of aromatic nitrogens is 5. The van der Waals surface area contributed by atoms with Crippen LogP contribution in [-0.4, -0.2) is 24.1 Å². The van der Waals surface area contributed by atoms with E-state index >= 15 is 0 Å². The van der Waals surface area contributed by atoms with Crippen LogP contribution in [0, 0.1) is 11.3 Å². The Morgan fingerprint density at radius 3 is 1.29 bits per heavy atom. The van der Waals surface area contributed by atoms with Crippen LogP contribution in [-0.2, 0) is 10.8 Å². The number of benzene rings is 10. The summed E-state index contributed by atoms with van der Waals surface area (Å²) in [6, 6.07) is 80.1. The van der Waals surface area contributed by atoms with E-state index < -0.39 is 0 Å². The van der Waals surface area contributed by atoms with E-state index in [0.717, 1.165) is 72.0 Å². The van der Waals surface area contributed by atoms with E-state index in [1.807, 2.05) is 72.8 Å². The van der Waals surface area contributed by atoms with Gasteiger partial charge in [0.25, 0.3) is 0 Å². The first kappa shape index (κ1) is 43.8. The Labute approximate surface area is 440 Å². The second-order valence-corrected chi connectivity index (χ2v) is 21.4. The molecule has 76 heavy (non-hydrogen) atoms. The predicted molar refractivity (Wildman–Crippen MR) is 310 cm³/mol. The van der Waals surface area contributed by atoms with Gasteiger partial charge in [-0.25, -0.2) is 15.0 Å². The number of rotatable bonds is 6. The van der Waals surface area contributed by atoms with Crippen LogP contribution in [0.3, 0.4) is 0 Å². The van der Waals surface area contributed by atoms with E-state index in [0.29, 0.717) is 23.0 Å². The van der Waals surface area contributed by atoms with Gasteiger partial charge in [-0.15, -0.1) is 0 Å². The number of fused-ring (bicyclic) bond motifs is 14. The molecule has 0 radical (unpaired) electrons. The first-order valence-electron chi connectivity index (χ1n) is 26.1. The Hall–Kier alpha value is -9.70. The minimum Gasteiger partial charge on any atom is -0.309 e. The minimum absolute atomic E-state index is 0.268. The molecule has 3 aromatic heterocycles. The zero-order chi connectivity index (χ0) is 51.0. The fraction of sp³-hybridized carbons (Fsp3) is 0.0857. The van der Waals surface area contributed by atoms with Crippen molar-refractivity contribution in [1.82, 2.24) is 24.1 Å². The molecule has 0 bridgehead atoms. The Morgan fingerprint density at radius 2 is 0.776 bits per heavy atom. The lowest BCUT2D eigenvalue weighted by Gasteiger charge is -2.24. The summed E-state index contributed by atoms with van der Waals surface area (Å²) in [5.41, 5.74) is 20.6. The van der Waals surface area contributed by atoms with Gasteiger partial charge in [0.2, 0.25) is 0 Å². The van der Waals surface area contributed by atoms with Crippen LogP contribution >= 0.6 is 0 Å². The summed E-state index contributed by atoms with van der Waals surface area (Å²) < 4.78 is 4.83. The Kier molecular flexibility index (Phi) is 9.32. The van der Waals surface area contributed by atoms with Crippen LogP contribution in [0.1, 0.15) is 55.5 Å². The van der Waals surface area contributed by atoms with Crippen molar-refractivity contribution in [3.8, 4) is 85.0 Å². The predicted octanol–water partition coefficient (Wildman–Crippen LogP) is 17.2. The van der Waals surface area contributed by atoms with Gasteiger partial charge in [0.15, 0.2) is 17.5 Å². The van der Waals surface area contributed by atoms with Crippen molar-refractivity contribution in [2.45, 2.75) is 38.5 Å². The number of nitriles is 1. The molecular weight excluding hydrogens is 925 g/mol. The molecular formula is C70H48N6. The Bertz CT molecular complexity index is 4590. The van der Waals surface area contributed by atoms with E-state index in [1.54, 1.807) is 0 Å². The molecule has 13 aromatic rings. The molecule has 2 aliphatic carbocycles. The largest absolute Gasteiger partial charge is 0.309 e.